The van der Waals surface area contributed by atoms with Crippen molar-refractivity contribution in [3.05, 3.63) is 46.2 Å². The molecule has 4 rings (SSSR count). The summed E-state index contributed by atoms with van der Waals surface area (Å²) in [5.41, 5.74) is 4.39. The van der Waals surface area contributed by atoms with Gasteiger partial charge in [0, 0.05) is 5.02 Å². The summed E-state index contributed by atoms with van der Waals surface area (Å²) in [6, 6.07) is 7.70. The zero-order chi connectivity index (χ0) is 18.1. The molecular weight excluding hydrogens is 367 g/mol. The molecule has 3 nitrogen and oxygen atoms in total. The van der Waals surface area contributed by atoms with E-state index in [1.807, 2.05) is 28.9 Å². The second kappa shape index (κ2) is 7.74. The van der Waals surface area contributed by atoms with E-state index in [0.29, 0.717) is 10.9 Å². The molecule has 1 fully saturated rings. The van der Waals surface area contributed by atoms with E-state index in [1.54, 1.807) is 0 Å². The fraction of sp³-hybridized carbons (Fsp3) is 0.524. The SMILES string of the molecule is O=C(Cl)C(c1c2c(nn1-c1ccc(Cl)cc1)CCCC2)C1CCCCC1. The third-order valence-electron chi connectivity index (χ3n) is 5.93. The van der Waals surface area contributed by atoms with Gasteiger partial charge in [-0.05, 0) is 85.9 Å². The number of fused-ring (bicyclic) bond motifs is 1. The van der Waals surface area contributed by atoms with Crippen molar-refractivity contribution in [1.29, 1.82) is 0 Å². The van der Waals surface area contributed by atoms with Gasteiger partial charge >= 0.3 is 0 Å². The lowest BCUT2D eigenvalue weighted by atomic mass is 9.77. The lowest BCUT2D eigenvalue weighted by Gasteiger charge is -2.29. The quantitative estimate of drug-likeness (QED) is 0.615. The Hall–Kier alpha value is -1.32. The first-order valence-electron chi connectivity index (χ1n) is 9.71. The number of aromatic nitrogens is 2. The van der Waals surface area contributed by atoms with Crippen LogP contribution in [0.4, 0.5) is 0 Å². The molecule has 5 heteroatoms. The summed E-state index contributed by atoms with van der Waals surface area (Å²) in [5, 5.41) is 5.37. The zero-order valence-corrected chi connectivity index (χ0v) is 16.4. The minimum atomic E-state index is -0.262. The van der Waals surface area contributed by atoms with Gasteiger partial charge in [-0.25, -0.2) is 4.68 Å². The standard InChI is InChI=1S/C21H24Cl2N2O/c22-15-10-12-16(13-11-15)25-20(17-8-4-5-9-18(17)24-25)19(21(23)26)14-6-2-1-3-7-14/h10-14,19H,1-9H2. The highest BCUT2D eigenvalue weighted by Crippen LogP contribution is 2.41. The summed E-state index contributed by atoms with van der Waals surface area (Å²) >= 11 is 12.3. The van der Waals surface area contributed by atoms with Crippen molar-refractivity contribution in [3.8, 4) is 5.69 Å². The minimum absolute atomic E-state index is 0.236. The monoisotopic (exact) mass is 390 g/mol. The van der Waals surface area contributed by atoms with E-state index in [2.05, 4.69) is 0 Å². The molecule has 0 N–H and O–H groups in total. The molecule has 0 amide bonds. The Balaban J connectivity index is 1.85. The molecule has 1 aromatic heterocycles. The molecule has 0 radical (unpaired) electrons. The van der Waals surface area contributed by atoms with Gasteiger partial charge in [0.05, 0.1) is 23.0 Å². The Morgan fingerprint density at radius 3 is 2.42 bits per heavy atom. The third-order valence-corrected chi connectivity index (χ3v) is 6.42. The molecule has 0 saturated heterocycles. The maximum absolute atomic E-state index is 12.6. The number of carbonyl (C=O) groups is 1. The molecule has 0 bridgehead atoms. The average molecular weight is 391 g/mol. The highest BCUT2D eigenvalue weighted by atomic mass is 35.5. The third kappa shape index (κ3) is 3.44. The summed E-state index contributed by atoms with van der Waals surface area (Å²) in [7, 11) is 0. The number of carbonyl (C=O) groups excluding carboxylic acids is 1. The normalized spacial score (nSPS) is 19.2. The van der Waals surface area contributed by atoms with Crippen LogP contribution in [0.3, 0.4) is 0 Å². The van der Waals surface area contributed by atoms with Gasteiger partial charge in [0.25, 0.3) is 0 Å². The van der Waals surface area contributed by atoms with Crippen molar-refractivity contribution >= 4 is 28.4 Å². The molecule has 26 heavy (non-hydrogen) atoms. The van der Waals surface area contributed by atoms with E-state index in [4.69, 9.17) is 28.3 Å². The molecule has 2 aliphatic carbocycles. The fourth-order valence-corrected chi connectivity index (χ4v) is 5.07. The largest absolute Gasteiger partial charge is 0.281 e. The Labute approximate surface area is 164 Å². The second-order valence-electron chi connectivity index (χ2n) is 7.59. The van der Waals surface area contributed by atoms with Crippen LogP contribution in [0.25, 0.3) is 5.69 Å². The molecule has 1 heterocycles. The molecule has 1 aromatic carbocycles. The molecule has 0 spiro atoms. The van der Waals surface area contributed by atoms with Gasteiger partial charge in [-0.1, -0.05) is 30.9 Å². The van der Waals surface area contributed by atoms with Crippen LogP contribution in [0.1, 0.15) is 67.8 Å². The maximum Gasteiger partial charge on any atom is 0.230 e. The zero-order valence-electron chi connectivity index (χ0n) is 14.9. The van der Waals surface area contributed by atoms with Gasteiger partial charge in [-0.3, -0.25) is 4.79 Å². The Bertz CT molecular complexity index is 791. The van der Waals surface area contributed by atoms with Crippen LogP contribution in [0.5, 0.6) is 0 Å². The Morgan fingerprint density at radius 1 is 1.04 bits per heavy atom. The van der Waals surface area contributed by atoms with Crippen LogP contribution >= 0.6 is 23.2 Å². The van der Waals surface area contributed by atoms with E-state index in [-0.39, 0.29) is 11.2 Å². The minimum Gasteiger partial charge on any atom is -0.281 e. The number of rotatable bonds is 4. The highest BCUT2D eigenvalue weighted by Gasteiger charge is 2.36. The fourth-order valence-electron chi connectivity index (χ4n) is 4.66. The van der Waals surface area contributed by atoms with Crippen LogP contribution < -0.4 is 0 Å². The second-order valence-corrected chi connectivity index (χ2v) is 8.39. The lowest BCUT2D eigenvalue weighted by Crippen LogP contribution is -2.25. The molecule has 2 aliphatic rings. The van der Waals surface area contributed by atoms with Crippen LogP contribution in [0, 0.1) is 5.92 Å². The first-order chi connectivity index (χ1) is 12.6. The number of hydrogen-bond acceptors (Lipinski definition) is 2. The number of hydrogen-bond donors (Lipinski definition) is 0. The van der Waals surface area contributed by atoms with Gasteiger partial charge in [0.1, 0.15) is 0 Å². The first kappa shape index (κ1) is 18.1. The smallest absolute Gasteiger partial charge is 0.230 e. The van der Waals surface area contributed by atoms with Crippen LogP contribution in [-0.4, -0.2) is 15.0 Å². The molecule has 1 saturated carbocycles. The topological polar surface area (TPSA) is 34.9 Å². The Kier molecular flexibility index (Phi) is 5.37. The summed E-state index contributed by atoms with van der Waals surface area (Å²) < 4.78 is 1.98. The van der Waals surface area contributed by atoms with Crippen LogP contribution in [0.2, 0.25) is 5.02 Å². The Morgan fingerprint density at radius 2 is 1.73 bits per heavy atom. The maximum atomic E-state index is 12.6. The van der Waals surface area contributed by atoms with Gasteiger partial charge in [-0.2, -0.15) is 5.10 Å². The average Bonchev–Trinajstić information content (AvgIpc) is 3.03. The van der Waals surface area contributed by atoms with Gasteiger partial charge in [0.2, 0.25) is 5.24 Å². The van der Waals surface area contributed by atoms with Crippen LogP contribution in [-0.2, 0) is 17.6 Å². The highest BCUT2D eigenvalue weighted by molar-refractivity contribution is 6.64. The van der Waals surface area contributed by atoms with Crippen molar-refractivity contribution < 1.29 is 4.79 Å². The molecule has 138 valence electrons. The van der Waals surface area contributed by atoms with E-state index < -0.39 is 0 Å². The number of benzene rings is 1. The van der Waals surface area contributed by atoms with Crippen molar-refractivity contribution in [2.24, 2.45) is 5.92 Å². The summed E-state index contributed by atoms with van der Waals surface area (Å²) in [4.78, 5) is 12.6. The lowest BCUT2D eigenvalue weighted by molar-refractivity contribution is -0.114. The number of aryl methyl sites for hydroxylation is 1. The van der Waals surface area contributed by atoms with Gasteiger partial charge in [0.15, 0.2) is 0 Å². The summed E-state index contributed by atoms with van der Waals surface area (Å²) in [6.07, 6.45) is 10.1. The van der Waals surface area contributed by atoms with Gasteiger partial charge in [-0.15, -0.1) is 0 Å². The molecular formula is C21H24Cl2N2O. The van der Waals surface area contributed by atoms with E-state index >= 15 is 0 Å². The molecule has 0 aliphatic heterocycles. The molecule has 1 atom stereocenters. The van der Waals surface area contributed by atoms with Crippen molar-refractivity contribution in [1.82, 2.24) is 9.78 Å². The predicted octanol–water partition coefficient (Wildman–Crippen LogP) is 5.83. The van der Waals surface area contributed by atoms with E-state index in [0.717, 1.165) is 55.6 Å². The van der Waals surface area contributed by atoms with Crippen LogP contribution in [0.15, 0.2) is 24.3 Å². The first-order valence-corrected chi connectivity index (χ1v) is 10.5. The molecule has 1 unspecified atom stereocenters. The van der Waals surface area contributed by atoms with Crippen molar-refractivity contribution in [2.45, 2.75) is 63.7 Å². The number of nitrogens with zero attached hydrogens (tertiary/aromatic N) is 2. The predicted molar refractivity (Wildman–Crippen MR) is 105 cm³/mol. The van der Waals surface area contributed by atoms with Gasteiger partial charge < -0.3 is 0 Å². The van der Waals surface area contributed by atoms with E-state index in [9.17, 15) is 4.79 Å². The summed E-state index contributed by atoms with van der Waals surface area (Å²) in [6.45, 7) is 0. The van der Waals surface area contributed by atoms with E-state index in [1.165, 1.54) is 24.8 Å². The van der Waals surface area contributed by atoms with Crippen molar-refractivity contribution in [2.75, 3.05) is 0 Å². The summed E-state index contributed by atoms with van der Waals surface area (Å²) in [5.74, 6) is 0.0597. The molecule has 2 aromatic rings. The number of halogens is 2. The van der Waals surface area contributed by atoms with Crippen molar-refractivity contribution in [3.63, 3.8) is 0 Å².